The lowest BCUT2D eigenvalue weighted by Crippen LogP contribution is -2.22. The van der Waals surface area contributed by atoms with Crippen molar-refractivity contribution in [1.29, 1.82) is 0 Å². The van der Waals surface area contributed by atoms with E-state index in [9.17, 15) is 4.79 Å². The number of rotatable bonds is 8. The molecule has 1 aromatic carbocycles. The molecule has 2 aromatic rings. The molecule has 23 heavy (non-hydrogen) atoms. The van der Waals surface area contributed by atoms with Crippen LogP contribution in [0.2, 0.25) is 0 Å². The summed E-state index contributed by atoms with van der Waals surface area (Å²) in [5, 5.41) is 0.571. The monoisotopic (exact) mass is 336 g/mol. The third-order valence-corrected chi connectivity index (χ3v) is 3.95. The molecule has 0 unspecified atom stereocenters. The van der Waals surface area contributed by atoms with Crippen molar-refractivity contribution < 1.29 is 9.47 Å². The van der Waals surface area contributed by atoms with E-state index in [4.69, 9.17) is 21.7 Å². The molecule has 0 spiro atoms. The fourth-order valence-corrected chi connectivity index (χ4v) is 2.80. The molecule has 0 aliphatic heterocycles. The minimum absolute atomic E-state index is 0.0798. The highest BCUT2D eigenvalue weighted by Gasteiger charge is 2.12. The largest absolute Gasteiger partial charge is 0.490 e. The molecule has 2 rings (SSSR count). The zero-order chi connectivity index (χ0) is 16.8. The van der Waals surface area contributed by atoms with Gasteiger partial charge < -0.3 is 14.5 Å². The van der Waals surface area contributed by atoms with Crippen LogP contribution in [0.25, 0.3) is 10.9 Å². The number of aromatic nitrogens is 2. The first kappa shape index (κ1) is 17.5. The van der Waals surface area contributed by atoms with Gasteiger partial charge in [0.1, 0.15) is 0 Å². The van der Waals surface area contributed by atoms with Crippen molar-refractivity contribution in [2.24, 2.45) is 0 Å². The van der Waals surface area contributed by atoms with E-state index in [0.29, 0.717) is 46.9 Å². The summed E-state index contributed by atoms with van der Waals surface area (Å²) in [7, 11) is 0. The number of unbranched alkanes of at least 4 members (excludes halogenated alkanes) is 2. The van der Waals surface area contributed by atoms with Gasteiger partial charge in [-0.15, -0.1) is 0 Å². The molecule has 1 heterocycles. The minimum atomic E-state index is -0.0798. The second kappa shape index (κ2) is 8.15. The molecule has 0 fully saturated rings. The maximum Gasteiger partial charge on any atom is 0.262 e. The highest BCUT2D eigenvalue weighted by molar-refractivity contribution is 7.71. The molecule has 1 N–H and O–H groups in total. The van der Waals surface area contributed by atoms with Crippen molar-refractivity contribution in [1.82, 2.24) is 9.55 Å². The van der Waals surface area contributed by atoms with Gasteiger partial charge in [-0.3, -0.25) is 9.36 Å². The van der Waals surface area contributed by atoms with Crippen LogP contribution in [0.15, 0.2) is 16.9 Å². The summed E-state index contributed by atoms with van der Waals surface area (Å²) in [5.41, 5.74) is 0.600. The molecular formula is C17H24N2O3S. The Hall–Kier alpha value is -1.82. The second-order valence-electron chi connectivity index (χ2n) is 5.30. The minimum Gasteiger partial charge on any atom is -0.490 e. The van der Waals surface area contributed by atoms with Gasteiger partial charge in [0.05, 0.1) is 24.1 Å². The van der Waals surface area contributed by atoms with E-state index in [-0.39, 0.29) is 5.56 Å². The van der Waals surface area contributed by atoms with Gasteiger partial charge in [-0.1, -0.05) is 19.8 Å². The molecule has 0 atom stereocenters. The van der Waals surface area contributed by atoms with E-state index in [1.807, 2.05) is 13.8 Å². The van der Waals surface area contributed by atoms with Crippen LogP contribution in [-0.4, -0.2) is 22.8 Å². The SMILES string of the molecule is CCCCCn1c(=S)[nH]c2cc(OCC)c(OCC)cc2c1=O. The number of aromatic amines is 1. The van der Waals surface area contributed by atoms with Crippen LogP contribution in [0.5, 0.6) is 11.5 Å². The van der Waals surface area contributed by atoms with E-state index < -0.39 is 0 Å². The number of benzene rings is 1. The lowest BCUT2D eigenvalue weighted by Gasteiger charge is -2.13. The van der Waals surface area contributed by atoms with E-state index >= 15 is 0 Å². The predicted octanol–water partition coefficient (Wildman–Crippen LogP) is 4.05. The van der Waals surface area contributed by atoms with Gasteiger partial charge in [-0.2, -0.15) is 0 Å². The molecule has 0 saturated heterocycles. The van der Waals surface area contributed by atoms with Crippen LogP contribution in [0.1, 0.15) is 40.0 Å². The first-order valence-electron chi connectivity index (χ1n) is 8.18. The lowest BCUT2D eigenvalue weighted by molar-refractivity contribution is 0.288. The maximum atomic E-state index is 12.7. The van der Waals surface area contributed by atoms with Crippen LogP contribution in [0.4, 0.5) is 0 Å². The van der Waals surface area contributed by atoms with Crippen molar-refractivity contribution >= 4 is 23.1 Å². The molecular weight excluding hydrogens is 312 g/mol. The van der Waals surface area contributed by atoms with Gasteiger partial charge in [0, 0.05) is 12.6 Å². The quantitative estimate of drug-likeness (QED) is 0.584. The predicted molar refractivity (Wildman–Crippen MR) is 95.3 cm³/mol. The summed E-state index contributed by atoms with van der Waals surface area (Å²) in [6.07, 6.45) is 3.12. The summed E-state index contributed by atoms with van der Waals surface area (Å²) < 4.78 is 13.3. The topological polar surface area (TPSA) is 56.2 Å². The van der Waals surface area contributed by atoms with Crippen molar-refractivity contribution in [3.8, 4) is 11.5 Å². The fraction of sp³-hybridized carbons (Fsp3) is 0.529. The van der Waals surface area contributed by atoms with E-state index in [1.165, 1.54) is 0 Å². The molecule has 0 amide bonds. The molecule has 1 aromatic heterocycles. The fourth-order valence-electron chi connectivity index (χ4n) is 2.52. The van der Waals surface area contributed by atoms with Gasteiger partial charge in [0.2, 0.25) is 0 Å². The highest BCUT2D eigenvalue weighted by atomic mass is 32.1. The van der Waals surface area contributed by atoms with Crippen LogP contribution in [-0.2, 0) is 6.54 Å². The van der Waals surface area contributed by atoms with E-state index in [1.54, 1.807) is 16.7 Å². The Labute approximate surface area is 141 Å². The third-order valence-electron chi connectivity index (χ3n) is 3.63. The number of hydrogen-bond donors (Lipinski definition) is 1. The first-order valence-corrected chi connectivity index (χ1v) is 8.59. The second-order valence-corrected chi connectivity index (χ2v) is 5.69. The number of ether oxygens (including phenoxy) is 2. The smallest absolute Gasteiger partial charge is 0.262 e. The number of fused-ring (bicyclic) bond motifs is 1. The van der Waals surface area contributed by atoms with Crippen LogP contribution < -0.4 is 15.0 Å². The zero-order valence-electron chi connectivity index (χ0n) is 14.0. The van der Waals surface area contributed by atoms with Crippen LogP contribution in [0.3, 0.4) is 0 Å². The third kappa shape index (κ3) is 3.93. The molecule has 0 saturated carbocycles. The number of nitrogens with zero attached hydrogens (tertiary/aromatic N) is 1. The zero-order valence-corrected chi connectivity index (χ0v) is 14.8. The number of nitrogens with one attached hydrogen (secondary N) is 1. The molecule has 0 aliphatic carbocycles. The molecule has 6 heteroatoms. The number of hydrogen-bond acceptors (Lipinski definition) is 4. The molecule has 0 aliphatic rings. The van der Waals surface area contributed by atoms with E-state index in [2.05, 4.69) is 11.9 Å². The first-order chi connectivity index (χ1) is 11.1. The Kier molecular flexibility index (Phi) is 6.21. The average molecular weight is 336 g/mol. The van der Waals surface area contributed by atoms with E-state index in [0.717, 1.165) is 19.3 Å². The lowest BCUT2D eigenvalue weighted by atomic mass is 10.2. The Balaban J connectivity index is 2.56. The van der Waals surface area contributed by atoms with Gasteiger partial charge in [0.25, 0.3) is 5.56 Å². The van der Waals surface area contributed by atoms with Crippen molar-refractivity contribution in [2.75, 3.05) is 13.2 Å². The van der Waals surface area contributed by atoms with Gasteiger partial charge in [-0.25, -0.2) is 0 Å². The van der Waals surface area contributed by atoms with Gasteiger partial charge >= 0.3 is 0 Å². The summed E-state index contributed by atoms with van der Waals surface area (Å²) >= 11 is 5.34. The Bertz CT molecular complexity index is 780. The summed E-state index contributed by atoms with van der Waals surface area (Å²) in [4.78, 5) is 15.9. The normalized spacial score (nSPS) is 10.9. The van der Waals surface area contributed by atoms with Crippen LogP contribution >= 0.6 is 12.2 Å². The van der Waals surface area contributed by atoms with Crippen molar-refractivity contribution in [3.05, 3.63) is 27.3 Å². The molecule has 0 bridgehead atoms. The average Bonchev–Trinajstić information content (AvgIpc) is 2.52. The maximum absolute atomic E-state index is 12.7. The van der Waals surface area contributed by atoms with Gasteiger partial charge in [0.15, 0.2) is 16.3 Å². The number of H-pyrrole nitrogens is 1. The summed E-state index contributed by atoms with van der Waals surface area (Å²) in [6, 6.07) is 3.53. The summed E-state index contributed by atoms with van der Waals surface area (Å²) in [5.74, 6) is 1.21. The van der Waals surface area contributed by atoms with Crippen molar-refractivity contribution in [3.63, 3.8) is 0 Å². The highest BCUT2D eigenvalue weighted by Crippen LogP contribution is 2.30. The summed E-state index contributed by atoms with van der Waals surface area (Å²) in [6.45, 7) is 7.62. The Morgan fingerprint density at radius 1 is 1.09 bits per heavy atom. The molecule has 0 radical (unpaired) electrons. The Morgan fingerprint density at radius 2 is 1.74 bits per heavy atom. The van der Waals surface area contributed by atoms with Crippen molar-refractivity contribution in [2.45, 2.75) is 46.6 Å². The Morgan fingerprint density at radius 3 is 2.35 bits per heavy atom. The molecule has 5 nitrogen and oxygen atoms in total. The molecule has 126 valence electrons. The van der Waals surface area contributed by atoms with Gasteiger partial charge in [-0.05, 0) is 38.6 Å². The van der Waals surface area contributed by atoms with Crippen LogP contribution in [0, 0.1) is 4.77 Å². The standard InChI is InChI=1S/C17H24N2O3S/c1-4-7-8-9-19-16(20)12-10-14(21-5-2)15(22-6-3)11-13(12)18-17(19)23/h10-11H,4-9H2,1-3H3,(H,18,23).